The summed E-state index contributed by atoms with van der Waals surface area (Å²) in [6.07, 6.45) is 6.76. The maximum Gasteiger partial charge on any atom is 0.313 e. The number of aromatic amines is 1. The van der Waals surface area contributed by atoms with Crippen molar-refractivity contribution in [3.8, 4) is 6.07 Å². The van der Waals surface area contributed by atoms with Gasteiger partial charge in [0, 0.05) is 41.1 Å². The average molecular weight is 376 g/mol. The van der Waals surface area contributed by atoms with E-state index in [1.54, 1.807) is 0 Å². The molecule has 1 aromatic carbocycles. The van der Waals surface area contributed by atoms with Crippen molar-refractivity contribution < 1.29 is 4.92 Å². The highest BCUT2D eigenvalue weighted by molar-refractivity contribution is 5.87. The van der Waals surface area contributed by atoms with Crippen LogP contribution in [0.4, 0.5) is 17.2 Å². The molecule has 0 saturated carbocycles. The topological polar surface area (TPSA) is 111 Å². The van der Waals surface area contributed by atoms with Crippen molar-refractivity contribution in [2.45, 2.75) is 25.3 Å². The van der Waals surface area contributed by atoms with Gasteiger partial charge in [-0.05, 0) is 56.6 Å². The predicted octanol–water partition coefficient (Wildman–Crippen LogP) is 3.72. The van der Waals surface area contributed by atoms with E-state index in [1.165, 1.54) is 30.7 Å². The van der Waals surface area contributed by atoms with Crippen LogP contribution in [0.15, 0.2) is 36.7 Å². The zero-order valence-corrected chi connectivity index (χ0v) is 15.5. The molecule has 1 saturated heterocycles. The standard InChI is InChI=1S/C20H20N6O2/c1-25-6-2-3-16(25)8-14-12-22-18-5-4-15(9-17(14)18)24-20-19(26(27)28)7-13(10-21)11-23-20/h4-5,7,9,11-12,16,22H,2-3,6,8H2,1H3,(H,23,24)/t16-/m1/s1. The van der Waals surface area contributed by atoms with Gasteiger partial charge < -0.3 is 15.2 Å². The van der Waals surface area contributed by atoms with Crippen LogP contribution in [-0.4, -0.2) is 39.4 Å². The lowest BCUT2D eigenvalue weighted by atomic mass is 10.0. The van der Waals surface area contributed by atoms with Crippen LogP contribution in [0.5, 0.6) is 0 Å². The molecule has 0 bridgehead atoms. The molecule has 3 heterocycles. The van der Waals surface area contributed by atoms with Crippen LogP contribution in [0.2, 0.25) is 0 Å². The van der Waals surface area contributed by atoms with E-state index < -0.39 is 4.92 Å². The van der Waals surface area contributed by atoms with Gasteiger partial charge in [-0.25, -0.2) is 4.98 Å². The fraction of sp³-hybridized carbons (Fsp3) is 0.300. The Morgan fingerprint density at radius 1 is 1.46 bits per heavy atom. The highest BCUT2D eigenvalue weighted by Crippen LogP contribution is 2.30. The van der Waals surface area contributed by atoms with Crippen molar-refractivity contribution in [1.29, 1.82) is 5.26 Å². The maximum absolute atomic E-state index is 11.3. The second-order valence-corrected chi connectivity index (χ2v) is 7.14. The van der Waals surface area contributed by atoms with Crippen molar-refractivity contribution in [3.63, 3.8) is 0 Å². The van der Waals surface area contributed by atoms with Crippen molar-refractivity contribution in [2.24, 2.45) is 0 Å². The summed E-state index contributed by atoms with van der Waals surface area (Å²) in [5.41, 5.74) is 2.92. The van der Waals surface area contributed by atoms with Gasteiger partial charge in [-0.3, -0.25) is 10.1 Å². The van der Waals surface area contributed by atoms with Gasteiger partial charge in [0.1, 0.15) is 6.07 Å². The monoisotopic (exact) mass is 376 g/mol. The molecule has 1 aliphatic rings. The van der Waals surface area contributed by atoms with E-state index in [0.717, 1.165) is 23.9 Å². The first-order chi connectivity index (χ1) is 13.5. The number of pyridine rings is 1. The molecule has 1 fully saturated rings. The molecule has 0 aliphatic carbocycles. The second-order valence-electron chi connectivity index (χ2n) is 7.14. The molecule has 2 N–H and O–H groups in total. The van der Waals surface area contributed by atoms with E-state index in [9.17, 15) is 10.1 Å². The van der Waals surface area contributed by atoms with Gasteiger partial charge in [0.15, 0.2) is 0 Å². The van der Waals surface area contributed by atoms with Crippen LogP contribution in [0.3, 0.4) is 0 Å². The van der Waals surface area contributed by atoms with Crippen LogP contribution < -0.4 is 5.32 Å². The summed E-state index contributed by atoms with van der Waals surface area (Å²) in [6, 6.07) is 9.44. The van der Waals surface area contributed by atoms with E-state index in [-0.39, 0.29) is 17.1 Å². The van der Waals surface area contributed by atoms with Gasteiger partial charge in [0.2, 0.25) is 5.82 Å². The minimum Gasteiger partial charge on any atom is -0.361 e. The van der Waals surface area contributed by atoms with E-state index in [1.807, 2.05) is 30.5 Å². The molecule has 1 aliphatic heterocycles. The molecule has 28 heavy (non-hydrogen) atoms. The van der Waals surface area contributed by atoms with E-state index in [4.69, 9.17) is 5.26 Å². The van der Waals surface area contributed by atoms with E-state index in [2.05, 4.69) is 27.2 Å². The summed E-state index contributed by atoms with van der Waals surface area (Å²) in [6.45, 7) is 1.13. The molecule has 0 unspecified atom stereocenters. The Kier molecular flexibility index (Phi) is 4.67. The van der Waals surface area contributed by atoms with E-state index >= 15 is 0 Å². The zero-order chi connectivity index (χ0) is 19.7. The quantitative estimate of drug-likeness (QED) is 0.518. The normalized spacial score (nSPS) is 16.9. The molecule has 0 spiro atoms. The molecule has 8 nitrogen and oxygen atoms in total. The summed E-state index contributed by atoms with van der Waals surface area (Å²) in [5.74, 6) is 0.121. The number of anilines is 2. The smallest absolute Gasteiger partial charge is 0.313 e. The van der Waals surface area contributed by atoms with Crippen molar-refractivity contribution >= 4 is 28.1 Å². The van der Waals surface area contributed by atoms with Crippen LogP contribution >= 0.6 is 0 Å². The van der Waals surface area contributed by atoms with Crippen LogP contribution in [-0.2, 0) is 6.42 Å². The van der Waals surface area contributed by atoms with Gasteiger partial charge in [0.05, 0.1) is 10.5 Å². The molecule has 8 heteroatoms. The Morgan fingerprint density at radius 2 is 2.32 bits per heavy atom. The molecule has 2 aromatic heterocycles. The summed E-state index contributed by atoms with van der Waals surface area (Å²) < 4.78 is 0. The molecular weight excluding hydrogens is 356 g/mol. The first-order valence-electron chi connectivity index (χ1n) is 9.17. The number of H-pyrrole nitrogens is 1. The lowest BCUT2D eigenvalue weighted by Gasteiger charge is -2.18. The minimum atomic E-state index is -0.535. The van der Waals surface area contributed by atoms with Crippen LogP contribution in [0.25, 0.3) is 10.9 Å². The summed E-state index contributed by atoms with van der Waals surface area (Å²) in [5, 5.41) is 24.4. The first-order valence-corrected chi connectivity index (χ1v) is 9.17. The SMILES string of the molecule is CN1CCC[C@@H]1Cc1c[nH]c2ccc(Nc3ncc(C#N)cc3[N+](=O)[O-])cc12. The Bertz CT molecular complexity index is 1080. The number of nitriles is 1. The molecule has 0 radical (unpaired) electrons. The fourth-order valence-corrected chi connectivity index (χ4v) is 3.80. The summed E-state index contributed by atoms with van der Waals surface area (Å²) in [4.78, 5) is 20.6. The number of hydrogen-bond donors (Lipinski definition) is 2. The van der Waals surface area contributed by atoms with Crippen LogP contribution in [0.1, 0.15) is 24.0 Å². The number of likely N-dealkylation sites (tertiary alicyclic amines) is 1. The Labute approximate surface area is 162 Å². The Morgan fingerprint density at radius 3 is 3.04 bits per heavy atom. The number of hydrogen-bond acceptors (Lipinski definition) is 6. The van der Waals surface area contributed by atoms with Gasteiger partial charge in [-0.1, -0.05) is 0 Å². The lowest BCUT2D eigenvalue weighted by molar-refractivity contribution is -0.384. The third kappa shape index (κ3) is 3.40. The zero-order valence-electron chi connectivity index (χ0n) is 15.5. The molecule has 1 atom stereocenters. The Balaban J connectivity index is 1.64. The average Bonchev–Trinajstić information content (AvgIpc) is 3.28. The highest BCUT2D eigenvalue weighted by atomic mass is 16.6. The number of benzene rings is 1. The summed E-state index contributed by atoms with van der Waals surface area (Å²) >= 11 is 0. The second kappa shape index (κ2) is 7.29. The van der Waals surface area contributed by atoms with Gasteiger partial charge in [-0.2, -0.15) is 5.26 Å². The number of aromatic nitrogens is 2. The van der Waals surface area contributed by atoms with Crippen molar-refractivity contribution in [1.82, 2.24) is 14.9 Å². The van der Waals surface area contributed by atoms with E-state index in [0.29, 0.717) is 11.7 Å². The summed E-state index contributed by atoms with van der Waals surface area (Å²) in [7, 11) is 2.16. The van der Waals surface area contributed by atoms with Crippen molar-refractivity contribution in [2.75, 3.05) is 18.9 Å². The predicted molar refractivity (Wildman–Crippen MR) is 107 cm³/mol. The molecular formula is C20H20N6O2. The van der Waals surface area contributed by atoms with Gasteiger partial charge >= 0.3 is 5.69 Å². The van der Waals surface area contributed by atoms with Gasteiger partial charge in [-0.15, -0.1) is 0 Å². The highest BCUT2D eigenvalue weighted by Gasteiger charge is 2.22. The van der Waals surface area contributed by atoms with Gasteiger partial charge in [0.25, 0.3) is 0 Å². The number of fused-ring (bicyclic) bond motifs is 1. The maximum atomic E-state index is 11.3. The number of nitrogens with zero attached hydrogens (tertiary/aromatic N) is 4. The van der Waals surface area contributed by atoms with Crippen LogP contribution in [0, 0.1) is 21.4 Å². The Hall–Kier alpha value is -3.44. The molecule has 142 valence electrons. The third-order valence-electron chi connectivity index (χ3n) is 5.35. The molecule has 0 amide bonds. The first kappa shape index (κ1) is 17.9. The third-order valence-corrected chi connectivity index (χ3v) is 5.35. The minimum absolute atomic E-state index is 0.121. The number of nitro groups is 1. The number of rotatable bonds is 5. The largest absolute Gasteiger partial charge is 0.361 e. The fourth-order valence-electron chi connectivity index (χ4n) is 3.80. The van der Waals surface area contributed by atoms with Crippen molar-refractivity contribution in [3.05, 3.63) is 57.9 Å². The molecule has 4 rings (SSSR count). The lowest BCUT2D eigenvalue weighted by Crippen LogP contribution is -2.26. The number of likely N-dealkylation sites (N-methyl/N-ethyl adjacent to an activating group) is 1. The number of nitrogens with one attached hydrogen (secondary N) is 2. The molecule has 3 aromatic rings.